The lowest BCUT2D eigenvalue weighted by Crippen LogP contribution is -2.39. The number of carbonyl (C=O) groups excluding carboxylic acids is 1. The van der Waals surface area contributed by atoms with Gasteiger partial charge in [0.15, 0.2) is 10.7 Å². The van der Waals surface area contributed by atoms with Gasteiger partial charge in [0.25, 0.3) is 10.0 Å². The molecular weight excluding hydrogens is 344 g/mol. The number of sulfonamides is 1. The van der Waals surface area contributed by atoms with Gasteiger partial charge in [-0.15, -0.1) is 0 Å². The molecule has 0 atom stereocenters. The lowest BCUT2D eigenvalue weighted by Gasteiger charge is -2.17. The van der Waals surface area contributed by atoms with Gasteiger partial charge < -0.3 is 9.26 Å². The summed E-state index contributed by atoms with van der Waals surface area (Å²) < 4.78 is 37.5. The third kappa shape index (κ3) is 2.90. The monoisotopic (exact) mass is 364 g/mol. The van der Waals surface area contributed by atoms with Crippen LogP contribution in [0.4, 0.5) is 0 Å². The molecule has 1 aromatic heterocycles. The van der Waals surface area contributed by atoms with E-state index in [9.17, 15) is 13.2 Å². The Balaban J connectivity index is 1.91. The van der Waals surface area contributed by atoms with Gasteiger partial charge in [0.1, 0.15) is 11.4 Å². The molecule has 0 unspecified atom stereocenters. The zero-order chi connectivity index (χ0) is 18.4. The predicted molar refractivity (Wildman–Crippen MR) is 89.9 cm³/mol. The van der Waals surface area contributed by atoms with Crippen LogP contribution in [0.3, 0.4) is 0 Å². The number of aromatic nitrogens is 1. The van der Waals surface area contributed by atoms with Crippen LogP contribution in [0.25, 0.3) is 0 Å². The first-order valence-corrected chi connectivity index (χ1v) is 9.35. The molecule has 0 saturated heterocycles. The number of hydrogen-bond acceptors (Lipinski definition) is 6. The van der Waals surface area contributed by atoms with Crippen LogP contribution in [0.15, 0.2) is 27.6 Å². The van der Waals surface area contributed by atoms with Crippen molar-refractivity contribution in [2.24, 2.45) is 0 Å². The number of amides is 1. The van der Waals surface area contributed by atoms with Crippen molar-refractivity contribution < 1.29 is 22.5 Å². The van der Waals surface area contributed by atoms with Crippen molar-refractivity contribution in [3.05, 3.63) is 40.8 Å². The molecule has 0 bridgehead atoms. The molecule has 0 spiro atoms. The highest BCUT2D eigenvalue weighted by Gasteiger charge is 2.52. The molecule has 1 heterocycles. The van der Waals surface area contributed by atoms with E-state index in [1.807, 2.05) is 19.1 Å². The van der Waals surface area contributed by atoms with Crippen LogP contribution in [-0.4, -0.2) is 26.6 Å². The first-order chi connectivity index (χ1) is 11.7. The van der Waals surface area contributed by atoms with Crippen LogP contribution in [0.5, 0.6) is 5.75 Å². The van der Waals surface area contributed by atoms with Crippen molar-refractivity contribution in [1.29, 1.82) is 0 Å². The standard InChI is InChI=1S/C17H20N2O5S/c1-10-5-6-13(9-14(10)23-4)17(7-8-17)16(20)19-25(21,22)15-11(2)18-24-12(15)3/h5-6,9H,7-8H2,1-4H3,(H,19,20). The van der Waals surface area contributed by atoms with Gasteiger partial charge >= 0.3 is 0 Å². The van der Waals surface area contributed by atoms with Crippen LogP contribution in [0.1, 0.15) is 35.4 Å². The molecule has 2 aromatic rings. The van der Waals surface area contributed by atoms with E-state index in [2.05, 4.69) is 9.88 Å². The van der Waals surface area contributed by atoms with E-state index in [0.29, 0.717) is 18.6 Å². The number of carbonyl (C=O) groups is 1. The topological polar surface area (TPSA) is 98.5 Å². The van der Waals surface area contributed by atoms with E-state index < -0.39 is 21.3 Å². The third-order valence-corrected chi connectivity index (χ3v) is 6.18. The molecule has 3 rings (SSSR count). The number of aryl methyl sites for hydroxylation is 3. The Labute approximate surface area is 146 Å². The highest BCUT2D eigenvalue weighted by Crippen LogP contribution is 2.49. The van der Waals surface area contributed by atoms with E-state index in [0.717, 1.165) is 11.1 Å². The maximum Gasteiger partial charge on any atom is 0.269 e. The van der Waals surface area contributed by atoms with Crippen LogP contribution in [0.2, 0.25) is 0 Å². The smallest absolute Gasteiger partial charge is 0.269 e. The Hall–Kier alpha value is -2.35. The van der Waals surface area contributed by atoms with Gasteiger partial charge in [-0.25, -0.2) is 13.1 Å². The fraction of sp³-hybridized carbons (Fsp3) is 0.412. The Bertz CT molecular complexity index is 922. The maximum atomic E-state index is 12.8. The second kappa shape index (κ2) is 5.87. The zero-order valence-corrected chi connectivity index (χ0v) is 15.4. The molecule has 0 radical (unpaired) electrons. The lowest BCUT2D eigenvalue weighted by atomic mass is 9.94. The van der Waals surface area contributed by atoms with Crippen molar-refractivity contribution in [2.75, 3.05) is 7.11 Å². The number of nitrogens with one attached hydrogen (secondary N) is 1. The van der Waals surface area contributed by atoms with Crippen LogP contribution >= 0.6 is 0 Å². The molecule has 1 saturated carbocycles. The van der Waals surface area contributed by atoms with Crippen LogP contribution in [0, 0.1) is 20.8 Å². The van der Waals surface area contributed by atoms with E-state index in [-0.39, 0.29) is 16.3 Å². The Kier molecular flexibility index (Phi) is 4.10. The number of hydrogen-bond donors (Lipinski definition) is 1. The summed E-state index contributed by atoms with van der Waals surface area (Å²) in [6, 6.07) is 5.50. The summed E-state index contributed by atoms with van der Waals surface area (Å²) in [5.74, 6) is 0.281. The number of benzene rings is 1. The van der Waals surface area contributed by atoms with Gasteiger partial charge in [0, 0.05) is 0 Å². The molecule has 1 amide bonds. The van der Waals surface area contributed by atoms with Crippen LogP contribution < -0.4 is 9.46 Å². The van der Waals surface area contributed by atoms with E-state index in [4.69, 9.17) is 9.26 Å². The molecule has 1 aromatic carbocycles. The molecule has 1 aliphatic rings. The highest BCUT2D eigenvalue weighted by molar-refractivity contribution is 7.90. The van der Waals surface area contributed by atoms with Gasteiger partial charge in [-0.2, -0.15) is 0 Å². The number of rotatable bonds is 5. The fourth-order valence-corrected chi connectivity index (χ4v) is 4.40. The summed E-state index contributed by atoms with van der Waals surface area (Å²) in [6.45, 7) is 4.92. The van der Waals surface area contributed by atoms with Crippen LogP contribution in [-0.2, 0) is 20.2 Å². The number of methoxy groups -OCH3 is 1. The minimum Gasteiger partial charge on any atom is -0.496 e. The molecular formula is C17H20N2O5S. The van der Waals surface area contributed by atoms with Gasteiger partial charge in [-0.05, 0) is 50.8 Å². The summed E-state index contributed by atoms with van der Waals surface area (Å²) in [7, 11) is -2.48. The summed E-state index contributed by atoms with van der Waals surface area (Å²) in [4.78, 5) is 12.7. The normalized spacial score (nSPS) is 15.7. The minimum absolute atomic E-state index is 0.0851. The molecule has 1 N–H and O–H groups in total. The summed E-state index contributed by atoms with van der Waals surface area (Å²) in [5, 5.41) is 3.64. The second-order valence-electron chi connectivity index (χ2n) is 6.35. The molecule has 25 heavy (non-hydrogen) atoms. The fourth-order valence-electron chi connectivity index (χ4n) is 3.02. The number of ether oxygens (including phenoxy) is 1. The summed E-state index contributed by atoms with van der Waals surface area (Å²) >= 11 is 0. The molecule has 134 valence electrons. The van der Waals surface area contributed by atoms with Gasteiger partial charge in [-0.1, -0.05) is 17.3 Å². The van der Waals surface area contributed by atoms with E-state index in [1.54, 1.807) is 13.2 Å². The summed E-state index contributed by atoms with van der Waals surface area (Å²) in [6.07, 6.45) is 1.17. The largest absolute Gasteiger partial charge is 0.496 e. The highest BCUT2D eigenvalue weighted by atomic mass is 32.2. The Morgan fingerprint density at radius 1 is 1.28 bits per heavy atom. The SMILES string of the molecule is COc1cc(C2(C(=O)NS(=O)(=O)c3c(C)noc3C)CC2)ccc1C. The van der Waals surface area contributed by atoms with Crippen molar-refractivity contribution in [1.82, 2.24) is 9.88 Å². The average molecular weight is 364 g/mol. The zero-order valence-electron chi connectivity index (χ0n) is 14.5. The second-order valence-corrected chi connectivity index (χ2v) is 7.97. The first kappa shape index (κ1) is 17.5. The number of nitrogens with zero attached hydrogens (tertiary/aromatic N) is 1. The average Bonchev–Trinajstić information content (AvgIpc) is 3.28. The van der Waals surface area contributed by atoms with Crippen molar-refractivity contribution in [3.8, 4) is 5.75 Å². The van der Waals surface area contributed by atoms with Gasteiger partial charge in [0.05, 0.1) is 12.5 Å². The van der Waals surface area contributed by atoms with E-state index >= 15 is 0 Å². The molecule has 7 nitrogen and oxygen atoms in total. The Morgan fingerprint density at radius 3 is 2.48 bits per heavy atom. The quantitative estimate of drug-likeness (QED) is 0.873. The lowest BCUT2D eigenvalue weighted by molar-refractivity contribution is -0.121. The molecule has 1 fully saturated rings. The molecule has 8 heteroatoms. The van der Waals surface area contributed by atoms with Gasteiger partial charge in [0.2, 0.25) is 5.91 Å². The maximum absolute atomic E-state index is 12.8. The Morgan fingerprint density at radius 2 is 1.96 bits per heavy atom. The van der Waals surface area contributed by atoms with E-state index in [1.165, 1.54) is 13.8 Å². The van der Waals surface area contributed by atoms with Crippen molar-refractivity contribution >= 4 is 15.9 Å². The van der Waals surface area contributed by atoms with Gasteiger partial charge in [-0.3, -0.25) is 4.79 Å². The van der Waals surface area contributed by atoms with Crippen molar-refractivity contribution in [3.63, 3.8) is 0 Å². The first-order valence-electron chi connectivity index (χ1n) is 7.86. The predicted octanol–water partition coefficient (Wildman–Crippen LogP) is 2.15. The third-order valence-electron chi connectivity index (χ3n) is 4.61. The van der Waals surface area contributed by atoms with Crippen molar-refractivity contribution in [2.45, 2.75) is 43.9 Å². The molecule has 0 aliphatic heterocycles. The summed E-state index contributed by atoms with van der Waals surface area (Å²) in [5.41, 5.74) is 1.08. The molecule has 1 aliphatic carbocycles. The minimum atomic E-state index is -4.04.